The highest BCUT2D eigenvalue weighted by Gasteiger charge is 2.33. The first-order chi connectivity index (χ1) is 14.0. The number of carbonyl (C=O) groups excluding carboxylic acids is 1. The third-order valence-electron chi connectivity index (χ3n) is 4.12. The summed E-state index contributed by atoms with van der Waals surface area (Å²) >= 11 is 18.8. The number of amides is 1. The fourth-order valence-corrected chi connectivity index (χ4v) is 4.49. The van der Waals surface area contributed by atoms with Crippen LogP contribution in [0.3, 0.4) is 0 Å². The van der Waals surface area contributed by atoms with Crippen molar-refractivity contribution in [1.29, 1.82) is 0 Å². The Morgan fingerprint density at radius 1 is 0.931 bits per heavy atom. The molecule has 29 heavy (non-hydrogen) atoms. The minimum Gasteiger partial charge on any atom is -0.457 e. The van der Waals surface area contributed by atoms with E-state index in [0.717, 1.165) is 5.75 Å². The smallest absolute Gasteiger partial charge is 0.270 e. The number of thiocarbonyl (C=S) groups is 1. The Bertz CT molecular complexity index is 1120. The average molecular weight is 458 g/mol. The lowest BCUT2D eigenvalue weighted by molar-refractivity contribution is -0.113. The third kappa shape index (κ3) is 4.49. The van der Waals surface area contributed by atoms with Crippen molar-refractivity contribution in [3.8, 4) is 11.5 Å². The lowest BCUT2D eigenvalue weighted by Crippen LogP contribution is -2.27. The minimum absolute atomic E-state index is 0.192. The van der Waals surface area contributed by atoms with E-state index in [1.54, 1.807) is 48.5 Å². The molecule has 0 atom stereocenters. The molecule has 3 aromatic carbocycles. The highest BCUT2D eigenvalue weighted by molar-refractivity contribution is 8.27. The number of anilines is 1. The molecule has 0 N–H and O–H groups in total. The van der Waals surface area contributed by atoms with Crippen LogP contribution in [0, 0.1) is 0 Å². The molecule has 0 aromatic heterocycles. The Morgan fingerprint density at radius 3 is 2.31 bits per heavy atom. The predicted octanol–water partition coefficient (Wildman–Crippen LogP) is 7.19. The van der Waals surface area contributed by atoms with Crippen molar-refractivity contribution in [1.82, 2.24) is 0 Å². The van der Waals surface area contributed by atoms with E-state index in [2.05, 4.69) is 0 Å². The van der Waals surface area contributed by atoms with E-state index in [4.69, 9.17) is 40.2 Å². The summed E-state index contributed by atoms with van der Waals surface area (Å²) in [6.45, 7) is 0. The van der Waals surface area contributed by atoms with Gasteiger partial charge in [0.25, 0.3) is 5.91 Å². The van der Waals surface area contributed by atoms with Crippen molar-refractivity contribution in [2.24, 2.45) is 0 Å². The Hall–Kier alpha value is -2.31. The number of benzene rings is 3. The van der Waals surface area contributed by atoms with Gasteiger partial charge >= 0.3 is 0 Å². The molecule has 3 nitrogen and oxygen atoms in total. The molecular formula is C22H13Cl2NO2S2. The molecule has 0 unspecified atom stereocenters. The zero-order chi connectivity index (χ0) is 20.4. The molecule has 1 fully saturated rings. The van der Waals surface area contributed by atoms with Gasteiger partial charge in [-0.1, -0.05) is 71.4 Å². The zero-order valence-electron chi connectivity index (χ0n) is 14.8. The molecule has 1 amide bonds. The summed E-state index contributed by atoms with van der Waals surface area (Å²) < 4.78 is 6.26. The number of carbonyl (C=O) groups is 1. The quantitative estimate of drug-likeness (QED) is 0.306. The first kappa shape index (κ1) is 20.0. The molecule has 0 saturated carbocycles. The van der Waals surface area contributed by atoms with Crippen molar-refractivity contribution >= 4 is 69.2 Å². The molecule has 0 spiro atoms. The summed E-state index contributed by atoms with van der Waals surface area (Å²) in [5.74, 6) is 1.23. The number of hydrogen-bond donors (Lipinski definition) is 0. The first-order valence-corrected chi connectivity index (χ1v) is 10.6. The van der Waals surface area contributed by atoms with Gasteiger partial charge in [-0.25, -0.2) is 0 Å². The normalized spacial score (nSPS) is 15.2. The Morgan fingerprint density at radius 2 is 1.62 bits per heavy atom. The molecule has 1 aliphatic heterocycles. The van der Waals surface area contributed by atoms with Crippen LogP contribution in [0.4, 0.5) is 5.69 Å². The standard InChI is InChI=1S/C22H13Cl2NO2S2/c23-15-7-6-14(19(24)13-15)12-20-21(26)25(22(28)29-20)16-8-10-18(11-9-16)27-17-4-2-1-3-5-17/h1-13H/b20-12-. The number of para-hydroxylation sites is 1. The lowest BCUT2D eigenvalue weighted by atomic mass is 10.2. The number of halogens is 2. The van der Waals surface area contributed by atoms with Gasteiger partial charge in [-0.2, -0.15) is 0 Å². The van der Waals surface area contributed by atoms with Crippen molar-refractivity contribution in [3.63, 3.8) is 0 Å². The van der Waals surface area contributed by atoms with Gasteiger partial charge in [0.15, 0.2) is 4.32 Å². The molecule has 1 heterocycles. The Kier molecular flexibility index (Phi) is 5.92. The van der Waals surface area contributed by atoms with Gasteiger partial charge in [0.1, 0.15) is 11.5 Å². The van der Waals surface area contributed by atoms with E-state index in [1.807, 2.05) is 30.3 Å². The molecular weight excluding hydrogens is 445 g/mol. The largest absolute Gasteiger partial charge is 0.457 e. The zero-order valence-corrected chi connectivity index (χ0v) is 18.0. The lowest BCUT2D eigenvalue weighted by Gasteiger charge is -2.15. The third-order valence-corrected chi connectivity index (χ3v) is 5.98. The number of rotatable bonds is 4. The van der Waals surface area contributed by atoms with Crippen LogP contribution in [0.1, 0.15) is 5.56 Å². The summed E-state index contributed by atoms with van der Waals surface area (Å²) in [5.41, 5.74) is 1.39. The van der Waals surface area contributed by atoms with E-state index in [-0.39, 0.29) is 5.91 Å². The van der Waals surface area contributed by atoms with E-state index in [9.17, 15) is 4.79 Å². The molecule has 144 valence electrons. The molecule has 7 heteroatoms. The topological polar surface area (TPSA) is 29.5 Å². The van der Waals surface area contributed by atoms with Crippen LogP contribution in [-0.4, -0.2) is 10.2 Å². The molecule has 0 aliphatic carbocycles. The van der Waals surface area contributed by atoms with Crippen LogP contribution in [0.15, 0.2) is 77.7 Å². The van der Waals surface area contributed by atoms with Crippen molar-refractivity contribution in [2.45, 2.75) is 0 Å². The van der Waals surface area contributed by atoms with Crippen LogP contribution in [0.25, 0.3) is 6.08 Å². The van der Waals surface area contributed by atoms with Gasteiger partial charge in [0.05, 0.1) is 10.6 Å². The van der Waals surface area contributed by atoms with Crippen LogP contribution in [0.2, 0.25) is 10.0 Å². The van der Waals surface area contributed by atoms with E-state index < -0.39 is 0 Å². The fourth-order valence-electron chi connectivity index (χ4n) is 2.74. The summed E-state index contributed by atoms with van der Waals surface area (Å²) in [6.07, 6.45) is 1.73. The van der Waals surface area contributed by atoms with E-state index in [1.165, 1.54) is 16.7 Å². The van der Waals surface area contributed by atoms with Crippen molar-refractivity contribution in [3.05, 3.63) is 93.3 Å². The average Bonchev–Trinajstić information content (AvgIpc) is 2.99. The fraction of sp³-hybridized carbons (Fsp3) is 0. The first-order valence-electron chi connectivity index (χ1n) is 8.57. The summed E-state index contributed by atoms with van der Waals surface area (Å²) in [5, 5.41) is 1.02. The summed E-state index contributed by atoms with van der Waals surface area (Å²) in [7, 11) is 0. The van der Waals surface area contributed by atoms with Gasteiger partial charge in [-0.05, 0) is 60.2 Å². The number of hydrogen-bond acceptors (Lipinski definition) is 4. The van der Waals surface area contributed by atoms with Gasteiger partial charge in [-0.3, -0.25) is 9.69 Å². The molecule has 4 rings (SSSR count). The van der Waals surface area contributed by atoms with Crippen molar-refractivity contribution in [2.75, 3.05) is 4.90 Å². The number of nitrogens with zero attached hydrogens (tertiary/aromatic N) is 1. The van der Waals surface area contributed by atoms with Crippen LogP contribution >= 0.6 is 47.2 Å². The predicted molar refractivity (Wildman–Crippen MR) is 125 cm³/mol. The maximum atomic E-state index is 12.9. The second-order valence-corrected chi connectivity index (χ2v) is 8.61. The van der Waals surface area contributed by atoms with E-state index >= 15 is 0 Å². The van der Waals surface area contributed by atoms with Crippen LogP contribution in [0.5, 0.6) is 11.5 Å². The highest BCUT2D eigenvalue weighted by atomic mass is 35.5. The molecule has 3 aromatic rings. The van der Waals surface area contributed by atoms with E-state index in [0.29, 0.717) is 36.3 Å². The summed E-state index contributed by atoms with van der Waals surface area (Å²) in [6, 6.07) is 21.9. The van der Waals surface area contributed by atoms with Gasteiger partial charge in [0, 0.05) is 10.0 Å². The highest BCUT2D eigenvalue weighted by Crippen LogP contribution is 2.37. The molecule has 1 saturated heterocycles. The van der Waals surface area contributed by atoms with Gasteiger partial charge < -0.3 is 4.74 Å². The minimum atomic E-state index is -0.192. The molecule has 0 bridgehead atoms. The number of ether oxygens (including phenoxy) is 1. The van der Waals surface area contributed by atoms with Crippen LogP contribution < -0.4 is 9.64 Å². The van der Waals surface area contributed by atoms with Crippen LogP contribution in [-0.2, 0) is 4.79 Å². The number of thioether (sulfide) groups is 1. The Labute approximate surface area is 187 Å². The Balaban J connectivity index is 1.55. The second-order valence-electron chi connectivity index (χ2n) is 6.09. The summed E-state index contributed by atoms with van der Waals surface area (Å²) in [4.78, 5) is 14.9. The monoisotopic (exact) mass is 457 g/mol. The maximum absolute atomic E-state index is 12.9. The SMILES string of the molecule is O=C1/C(=C/c2ccc(Cl)cc2Cl)SC(=S)N1c1ccc(Oc2ccccc2)cc1. The second kappa shape index (κ2) is 8.59. The van der Waals surface area contributed by atoms with Crippen molar-refractivity contribution < 1.29 is 9.53 Å². The van der Waals surface area contributed by atoms with Gasteiger partial charge in [-0.15, -0.1) is 0 Å². The molecule has 0 radical (unpaired) electrons. The molecule has 1 aliphatic rings. The maximum Gasteiger partial charge on any atom is 0.270 e. The van der Waals surface area contributed by atoms with Gasteiger partial charge in [0.2, 0.25) is 0 Å².